The van der Waals surface area contributed by atoms with E-state index in [-0.39, 0.29) is 12.0 Å². The fraction of sp³-hybridized carbons (Fsp3) is 0.391. The van der Waals surface area contributed by atoms with Crippen LogP contribution in [0, 0.1) is 5.92 Å². The molecule has 2 bridgehead atoms. The minimum absolute atomic E-state index is 0.108. The Hall–Kier alpha value is -2.66. The SMILES string of the molecule is Cn1c(CN2C[C@@H]3CC[C@H](C2)N(Cc2ccccn2)C3=O)cc2ccccc21. The van der Waals surface area contributed by atoms with Crippen molar-refractivity contribution in [3.05, 3.63) is 66.1 Å². The van der Waals surface area contributed by atoms with Crippen molar-refractivity contribution in [1.29, 1.82) is 0 Å². The Balaban J connectivity index is 1.37. The summed E-state index contributed by atoms with van der Waals surface area (Å²) in [7, 11) is 2.14. The van der Waals surface area contributed by atoms with E-state index in [2.05, 4.69) is 56.7 Å². The lowest BCUT2D eigenvalue weighted by atomic mass is 9.94. The average molecular weight is 374 g/mol. The second-order valence-corrected chi connectivity index (χ2v) is 8.16. The second kappa shape index (κ2) is 7.06. The molecule has 3 aromatic rings. The van der Waals surface area contributed by atoms with Gasteiger partial charge in [-0.2, -0.15) is 0 Å². The maximum Gasteiger partial charge on any atom is 0.227 e. The van der Waals surface area contributed by atoms with E-state index in [1.165, 1.54) is 16.6 Å². The molecule has 3 fully saturated rings. The minimum atomic E-state index is 0.108. The van der Waals surface area contributed by atoms with E-state index in [0.29, 0.717) is 12.5 Å². The first-order valence-electron chi connectivity index (χ1n) is 10.1. The summed E-state index contributed by atoms with van der Waals surface area (Å²) < 4.78 is 2.29. The van der Waals surface area contributed by atoms with Gasteiger partial charge >= 0.3 is 0 Å². The molecule has 2 atom stereocenters. The van der Waals surface area contributed by atoms with Crippen molar-refractivity contribution >= 4 is 16.8 Å². The lowest BCUT2D eigenvalue weighted by Crippen LogP contribution is -2.47. The van der Waals surface area contributed by atoms with Crippen molar-refractivity contribution in [2.45, 2.75) is 32.0 Å². The monoisotopic (exact) mass is 374 g/mol. The molecule has 144 valence electrons. The zero-order valence-corrected chi connectivity index (χ0v) is 16.3. The van der Waals surface area contributed by atoms with Crippen LogP contribution in [0.5, 0.6) is 0 Å². The Morgan fingerprint density at radius 2 is 1.89 bits per heavy atom. The first kappa shape index (κ1) is 17.4. The van der Waals surface area contributed by atoms with Crippen LogP contribution in [-0.4, -0.2) is 44.4 Å². The minimum Gasteiger partial charge on any atom is -0.346 e. The number of hydrogen-bond donors (Lipinski definition) is 0. The zero-order chi connectivity index (χ0) is 19.1. The van der Waals surface area contributed by atoms with E-state index in [4.69, 9.17) is 0 Å². The van der Waals surface area contributed by atoms with E-state index < -0.39 is 0 Å². The molecule has 28 heavy (non-hydrogen) atoms. The van der Waals surface area contributed by atoms with Gasteiger partial charge in [0.2, 0.25) is 5.91 Å². The van der Waals surface area contributed by atoms with Gasteiger partial charge in [0.05, 0.1) is 18.2 Å². The molecule has 5 nitrogen and oxygen atoms in total. The van der Waals surface area contributed by atoms with Crippen molar-refractivity contribution in [2.24, 2.45) is 13.0 Å². The highest BCUT2D eigenvalue weighted by Gasteiger charge is 2.40. The number of carbonyl (C=O) groups excluding carboxylic acids is 1. The number of pyridine rings is 1. The van der Waals surface area contributed by atoms with Crippen LogP contribution in [-0.2, 0) is 24.9 Å². The van der Waals surface area contributed by atoms with E-state index in [1.54, 1.807) is 0 Å². The van der Waals surface area contributed by atoms with Gasteiger partial charge in [0.15, 0.2) is 0 Å². The molecule has 6 rings (SSSR count). The van der Waals surface area contributed by atoms with Crippen LogP contribution in [0.25, 0.3) is 10.9 Å². The fourth-order valence-corrected chi connectivity index (χ4v) is 4.86. The summed E-state index contributed by atoms with van der Waals surface area (Å²) in [6.07, 6.45) is 3.91. The molecule has 3 aliphatic heterocycles. The highest BCUT2D eigenvalue weighted by atomic mass is 16.2. The summed E-state index contributed by atoms with van der Waals surface area (Å²) in [6, 6.07) is 17.0. The van der Waals surface area contributed by atoms with Crippen molar-refractivity contribution < 1.29 is 4.79 Å². The van der Waals surface area contributed by atoms with E-state index in [0.717, 1.165) is 38.2 Å². The molecule has 0 saturated carbocycles. The number of benzene rings is 1. The summed E-state index contributed by atoms with van der Waals surface area (Å²) >= 11 is 0. The number of fused-ring (bicyclic) bond motifs is 5. The standard InChI is InChI=1S/C23H26N4O/c1-25-21(12-17-6-2-3-8-22(17)25)16-26-13-18-9-10-20(15-26)27(23(18)28)14-19-7-4-5-11-24-19/h2-8,11-12,18,20H,9-10,13-16H2,1H3/t18-,20+/m0/s1. The van der Waals surface area contributed by atoms with E-state index in [1.807, 2.05) is 24.4 Å². The third-order valence-corrected chi connectivity index (χ3v) is 6.36. The van der Waals surface area contributed by atoms with Gasteiger partial charge in [0.1, 0.15) is 0 Å². The fourth-order valence-electron chi connectivity index (χ4n) is 4.86. The number of rotatable bonds is 4. The van der Waals surface area contributed by atoms with Crippen LogP contribution < -0.4 is 0 Å². The van der Waals surface area contributed by atoms with E-state index in [9.17, 15) is 4.79 Å². The molecule has 3 saturated heterocycles. The van der Waals surface area contributed by atoms with Crippen LogP contribution in [0.1, 0.15) is 24.2 Å². The molecule has 1 aromatic carbocycles. The number of carbonyl (C=O) groups is 1. The second-order valence-electron chi connectivity index (χ2n) is 8.16. The Morgan fingerprint density at radius 1 is 1.04 bits per heavy atom. The molecule has 0 aliphatic carbocycles. The van der Waals surface area contributed by atoms with Crippen molar-refractivity contribution in [2.75, 3.05) is 13.1 Å². The predicted octanol–water partition coefficient (Wildman–Crippen LogP) is 3.20. The highest BCUT2D eigenvalue weighted by molar-refractivity contribution is 5.81. The number of hydrogen-bond acceptors (Lipinski definition) is 3. The Bertz CT molecular complexity index is 996. The molecule has 5 heterocycles. The molecule has 5 heteroatoms. The van der Waals surface area contributed by atoms with Crippen LogP contribution in [0.15, 0.2) is 54.7 Å². The molecule has 2 aromatic heterocycles. The maximum absolute atomic E-state index is 13.1. The van der Waals surface area contributed by atoms with Crippen LogP contribution in [0.4, 0.5) is 0 Å². The number of aromatic nitrogens is 2. The molecule has 0 radical (unpaired) electrons. The van der Waals surface area contributed by atoms with Gasteiger partial charge in [-0.1, -0.05) is 24.3 Å². The maximum atomic E-state index is 13.1. The largest absolute Gasteiger partial charge is 0.346 e. The average Bonchev–Trinajstić information content (AvgIpc) is 2.85. The van der Waals surface area contributed by atoms with Crippen LogP contribution in [0.3, 0.4) is 0 Å². The number of nitrogens with zero attached hydrogens (tertiary/aromatic N) is 4. The topological polar surface area (TPSA) is 41.4 Å². The summed E-state index contributed by atoms with van der Waals surface area (Å²) in [5, 5.41) is 1.28. The molecule has 0 spiro atoms. The summed E-state index contributed by atoms with van der Waals surface area (Å²) in [5.74, 6) is 0.415. The molecule has 3 aliphatic rings. The molecular formula is C23H26N4O. The molecule has 0 N–H and O–H groups in total. The normalized spacial score (nSPS) is 22.8. The number of piperidine rings is 1. The smallest absolute Gasteiger partial charge is 0.227 e. The van der Waals surface area contributed by atoms with Gasteiger partial charge in [-0.3, -0.25) is 14.7 Å². The highest BCUT2D eigenvalue weighted by Crippen LogP contribution is 2.31. The van der Waals surface area contributed by atoms with Gasteiger partial charge in [-0.25, -0.2) is 0 Å². The third kappa shape index (κ3) is 3.10. The number of para-hydroxylation sites is 1. The summed E-state index contributed by atoms with van der Waals surface area (Å²) in [4.78, 5) is 22.1. The zero-order valence-electron chi connectivity index (χ0n) is 16.3. The first-order chi connectivity index (χ1) is 13.7. The Kier molecular flexibility index (Phi) is 4.40. The summed E-state index contributed by atoms with van der Waals surface area (Å²) in [5.41, 5.74) is 3.55. The quantitative estimate of drug-likeness (QED) is 0.704. The number of amides is 1. The Labute approximate surface area is 165 Å². The first-order valence-corrected chi connectivity index (χ1v) is 10.1. The molecular weight excluding hydrogens is 348 g/mol. The van der Waals surface area contributed by atoms with Gasteiger partial charge in [0.25, 0.3) is 0 Å². The summed E-state index contributed by atoms with van der Waals surface area (Å²) in [6.45, 7) is 3.32. The van der Waals surface area contributed by atoms with Gasteiger partial charge in [-0.15, -0.1) is 0 Å². The van der Waals surface area contributed by atoms with Gasteiger partial charge < -0.3 is 9.47 Å². The van der Waals surface area contributed by atoms with Crippen molar-refractivity contribution in [3.8, 4) is 0 Å². The molecule has 1 amide bonds. The lowest BCUT2D eigenvalue weighted by Gasteiger charge is -2.35. The van der Waals surface area contributed by atoms with Gasteiger partial charge in [-0.05, 0) is 42.5 Å². The third-order valence-electron chi connectivity index (χ3n) is 6.36. The molecule has 0 unspecified atom stereocenters. The van der Waals surface area contributed by atoms with Gasteiger partial charge in [0, 0.05) is 50.1 Å². The number of aryl methyl sites for hydroxylation is 1. The van der Waals surface area contributed by atoms with E-state index >= 15 is 0 Å². The van der Waals surface area contributed by atoms with Crippen molar-refractivity contribution in [3.63, 3.8) is 0 Å². The lowest BCUT2D eigenvalue weighted by molar-refractivity contribution is -0.140. The van der Waals surface area contributed by atoms with Crippen molar-refractivity contribution in [1.82, 2.24) is 19.4 Å². The Morgan fingerprint density at radius 3 is 2.71 bits per heavy atom. The van der Waals surface area contributed by atoms with Crippen LogP contribution in [0.2, 0.25) is 0 Å². The van der Waals surface area contributed by atoms with Crippen LogP contribution >= 0.6 is 0 Å². The predicted molar refractivity (Wildman–Crippen MR) is 109 cm³/mol.